The van der Waals surface area contributed by atoms with E-state index in [-0.39, 0.29) is 29.7 Å². The highest BCUT2D eigenvalue weighted by molar-refractivity contribution is 6.24. The Bertz CT molecular complexity index is 1400. The van der Waals surface area contributed by atoms with E-state index in [2.05, 4.69) is 9.97 Å². The van der Waals surface area contributed by atoms with Crippen LogP contribution >= 0.6 is 0 Å². The SMILES string of the molecule is CN(C)C1C(=O)C(C(N)=O)=C(O)C2(O)C(=O)C3=C(O)c4c(O)ccc(-c5cnccn5)c4CC3CC12. The smallest absolute Gasteiger partial charge is 0.255 e. The zero-order valence-corrected chi connectivity index (χ0v) is 19.5. The summed E-state index contributed by atoms with van der Waals surface area (Å²) in [5.41, 5.74) is 3.25. The number of phenols is 1. The minimum atomic E-state index is -2.66. The molecule has 2 aromatic rings. The summed E-state index contributed by atoms with van der Waals surface area (Å²) in [6, 6.07) is 1.86. The van der Waals surface area contributed by atoms with E-state index in [9.17, 15) is 34.8 Å². The van der Waals surface area contributed by atoms with E-state index in [4.69, 9.17) is 5.73 Å². The number of phenolic OH excluding ortho intramolecular Hbond substituents is 1. The predicted octanol–water partition coefficient (Wildman–Crippen LogP) is 0.421. The van der Waals surface area contributed by atoms with E-state index in [1.165, 1.54) is 29.6 Å². The number of nitrogens with two attached hydrogens (primary N) is 1. The topological polar surface area (TPSA) is 187 Å². The van der Waals surface area contributed by atoms with Gasteiger partial charge in [-0.15, -0.1) is 0 Å². The number of hydrogen-bond donors (Lipinski definition) is 5. The van der Waals surface area contributed by atoms with E-state index in [0.29, 0.717) is 16.8 Å². The molecule has 4 atom stereocenters. The van der Waals surface area contributed by atoms with Crippen LogP contribution in [-0.4, -0.2) is 78.5 Å². The average molecular weight is 492 g/mol. The van der Waals surface area contributed by atoms with Crippen molar-refractivity contribution in [1.82, 2.24) is 14.9 Å². The van der Waals surface area contributed by atoms with E-state index < -0.39 is 58.0 Å². The van der Waals surface area contributed by atoms with Gasteiger partial charge in [-0.1, -0.05) is 0 Å². The summed E-state index contributed by atoms with van der Waals surface area (Å²) in [5.74, 6) is -6.86. The normalized spacial score (nSPS) is 27.6. The van der Waals surface area contributed by atoms with E-state index >= 15 is 0 Å². The Morgan fingerprint density at radius 2 is 1.89 bits per heavy atom. The predicted molar refractivity (Wildman–Crippen MR) is 125 cm³/mol. The molecule has 1 aromatic carbocycles. The molecule has 0 saturated heterocycles. The van der Waals surface area contributed by atoms with Crippen LogP contribution in [0.2, 0.25) is 0 Å². The van der Waals surface area contributed by atoms with Crippen LogP contribution in [0.25, 0.3) is 17.0 Å². The quantitative estimate of drug-likeness (QED) is 0.376. The summed E-state index contributed by atoms with van der Waals surface area (Å²) in [6.45, 7) is 0. The molecule has 1 heterocycles. The molecule has 1 fully saturated rings. The standard InChI is InChI=1S/C25H24N4O7/c1-29(2)19-13-8-10-7-12-11(14-9-27-5-6-28-14)3-4-15(30)17(12)20(31)16(10)22(33)25(13,36)23(34)18(21(19)32)24(26)35/h3-6,9-10,13,19,30-31,34,36H,7-8H2,1-2H3,(H2,26,35). The Balaban J connectivity index is 1.75. The molecule has 3 aliphatic carbocycles. The Hall–Kier alpha value is -4.09. The molecule has 36 heavy (non-hydrogen) atoms. The number of rotatable bonds is 3. The van der Waals surface area contributed by atoms with Crippen LogP contribution in [0.4, 0.5) is 0 Å². The molecule has 1 aromatic heterocycles. The molecular weight excluding hydrogens is 468 g/mol. The fourth-order valence-electron chi connectivity index (χ4n) is 5.92. The number of nitrogens with zero attached hydrogens (tertiary/aromatic N) is 3. The number of primary amides is 1. The number of carbonyl (C=O) groups excluding carboxylic acids is 3. The van der Waals surface area contributed by atoms with Gasteiger partial charge in [0.05, 0.1) is 23.5 Å². The lowest BCUT2D eigenvalue weighted by Gasteiger charge is -2.50. The molecule has 11 heteroatoms. The number of amides is 1. The van der Waals surface area contributed by atoms with E-state index in [1.807, 2.05) is 0 Å². The van der Waals surface area contributed by atoms with Crippen molar-refractivity contribution in [1.29, 1.82) is 0 Å². The second-order valence-electron chi connectivity index (χ2n) is 9.54. The molecule has 0 radical (unpaired) electrons. The minimum Gasteiger partial charge on any atom is -0.508 e. The number of aromatic hydroxyl groups is 1. The Morgan fingerprint density at radius 1 is 1.17 bits per heavy atom. The number of benzene rings is 1. The Morgan fingerprint density at radius 3 is 2.50 bits per heavy atom. The molecule has 11 nitrogen and oxygen atoms in total. The maximum Gasteiger partial charge on any atom is 0.255 e. The highest BCUT2D eigenvalue weighted by atomic mass is 16.3. The number of aliphatic hydroxyl groups is 3. The van der Waals surface area contributed by atoms with Gasteiger partial charge in [-0.25, -0.2) is 0 Å². The second-order valence-corrected chi connectivity index (χ2v) is 9.54. The molecule has 186 valence electrons. The number of ketones is 2. The Kier molecular flexibility index (Phi) is 5.23. The van der Waals surface area contributed by atoms with Crippen molar-refractivity contribution < 1.29 is 34.8 Å². The molecule has 5 rings (SSSR count). The first-order valence-electron chi connectivity index (χ1n) is 11.3. The maximum atomic E-state index is 13.8. The molecule has 3 aliphatic rings. The molecule has 1 saturated carbocycles. The number of hydrogen-bond acceptors (Lipinski definition) is 10. The monoisotopic (exact) mass is 492 g/mol. The molecular formula is C25H24N4O7. The van der Waals surface area contributed by atoms with Crippen molar-refractivity contribution in [2.45, 2.75) is 24.5 Å². The lowest BCUT2D eigenvalue weighted by Crippen LogP contribution is -2.65. The molecule has 0 spiro atoms. The summed E-state index contributed by atoms with van der Waals surface area (Å²) in [6.07, 6.45) is 4.73. The van der Waals surface area contributed by atoms with Crippen LogP contribution in [0.5, 0.6) is 5.75 Å². The zero-order valence-electron chi connectivity index (χ0n) is 19.5. The first kappa shape index (κ1) is 23.6. The lowest BCUT2D eigenvalue weighted by molar-refractivity contribution is -0.153. The molecule has 1 amide bonds. The van der Waals surface area contributed by atoms with Gasteiger partial charge >= 0.3 is 0 Å². The first-order chi connectivity index (χ1) is 17.0. The summed E-state index contributed by atoms with van der Waals surface area (Å²) in [7, 11) is 3.11. The molecule has 0 aliphatic heterocycles. The third-order valence-electron chi connectivity index (χ3n) is 7.44. The number of aromatic nitrogens is 2. The van der Waals surface area contributed by atoms with Gasteiger partial charge in [0.25, 0.3) is 5.91 Å². The molecule has 6 N–H and O–H groups in total. The van der Waals surface area contributed by atoms with Crippen molar-refractivity contribution in [3.8, 4) is 17.0 Å². The fourth-order valence-corrected chi connectivity index (χ4v) is 5.92. The second kappa shape index (κ2) is 7.97. The number of likely N-dealkylation sites (N-methyl/N-ethyl adjacent to an activating group) is 1. The van der Waals surface area contributed by atoms with Crippen LogP contribution in [0.1, 0.15) is 17.5 Å². The van der Waals surface area contributed by atoms with Crippen molar-refractivity contribution in [3.63, 3.8) is 0 Å². The number of aliphatic hydroxyl groups excluding tert-OH is 2. The highest BCUT2D eigenvalue weighted by Crippen LogP contribution is 2.53. The van der Waals surface area contributed by atoms with Gasteiger partial charge in [-0.3, -0.25) is 29.3 Å². The van der Waals surface area contributed by atoms with Crippen LogP contribution in [0, 0.1) is 11.8 Å². The summed E-state index contributed by atoms with van der Waals surface area (Å²) in [5, 5.41) is 44.3. The maximum absolute atomic E-state index is 13.8. The van der Waals surface area contributed by atoms with Crippen molar-refractivity contribution in [2.24, 2.45) is 17.6 Å². The van der Waals surface area contributed by atoms with Gasteiger partial charge in [-0.05, 0) is 50.6 Å². The fraction of sp³-hybridized carbons (Fsp3) is 0.320. The summed E-state index contributed by atoms with van der Waals surface area (Å²) < 4.78 is 0. The molecule has 0 bridgehead atoms. The lowest BCUT2D eigenvalue weighted by atomic mass is 9.57. The Labute approximate surface area is 205 Å². The van der Waals surface area contributed by atoms with Crippen LogP contribution in [0.3, 0.4) is 0 Å². The first-order valence-corrected chi connectivity index (χ1v) is 11.3. The average Bonchev–Trinajstić information content (AvgIpc) is 2.81. The zero-order chi connectivity index (χ0) is 26.1. The third-order valence-corrected chi connectivity index (χ3v) is 7.44. The van der Waals surface area contributed by atoms with Crippen molar-refractivity contribution in [2.75, 3.05) is 14.1 Å². The van der Waals surface area contributed by atoms with Crippen molar-refractivity contribution in [3.05, 3.63) is 58.8 Å². The van der Waals surface area contributed by atoms with E-state index in [1.54, 1.807) is 20.2 Å². The number of fused-ring (bicyclic) bond motifs is 3. The van der Waals surface area contributed by atoms with Crippen LogP contribution in [0.15, 0.2) is 47.6 Å². The minimum absolute atomic E-state index is 0.00874. The van der Waals surface area contributed by atoms with E-state index in [0.717, 1.165) is 0 Å². The summed E-state index contributed by atoms with van der Waals surface area (Å²) in [4.78, 5) is 48.8. The number of carbonyl (C=O) groups is 3. The van der Waals surface area contributed by atoms with Gasteiger partial charge in [0.2, 0.25) is 5.78 Å². The number of Topliss-reactive ketones (excluding diaryl/α,β-unsaturated/α-hetero) is 2. The highest BCUT2D eigenvalue weighted by Gasteiger charge is 2.64. The van der Waals surface area contributed by atoms with Gasteiger partial charge in [0.1, 0.15) is 22.8 Å². The van der Waals surface area contributed by atoms with Crippen LogP contribution in [-0.2, 0) is 20.8 Å². The summed E-state index contributed by atoms with van der Waals surface area (Å²) >= 11 is 0. The van der Waals surface area contributed by atoms with Crippen molar-refractivity contribution >= 4 is 23.2 Å². The third kappa shape index (κ3) is 3.02. The molecule has 4 unspecified atom stereocenters. The van der Waals surface area contributed by atoms with Gasteiger partial charge in [0, 0.05) is 29.4 Å². The van der Waals surface area contributed by atoms with Gasteiger partial charge in [0.15, 0.2) is 11.4 Å². The van der Waals surface area contributed by atoms with Gasteiger partial charge < -0.3 is 26.2 Å². The van der Waals surface area contributed by atoms with Crippen LogP contribution < -0.4 is 5.73 Å². The largest absolute Gasteiger partial charge is 0.508 e. The van der Waals surface area contributed by atoms with Gasteiger partial charge in [-0.2, -0.15) is 0 Å².